The summed E-state index contributed by atoms with van der Waals surface area (Å²) in [5, 5.41) is 0. The number of amides is 1. The lowest BCUT2D eigenvalue weighted by Crippen LogP contribution is -2.44. The molecule has 1 unspecified atom stereocenters. The summed E-state index contributed by atoms with van der Waals surface area (Å²) in [6.07, 6.45) is 5.15. The van der Waals surface area contributed by atoms with E-state index in [4.69, 9.17) is 5.73 Å². The highest BCUT2D eigenvalue weighted by Crippen LogP contribution is 2.22. The number of likely N-dealkylation sites (N-methyl/N-ethyl adjacent to an activating group) is 1. The molecular weight excluding hydrogens is 448 g/mol. The Morgan fingerprint density at radius 1 is 1.31 bits per heavy atom. The quantitative estimate of drug-likeness (QED) is 0.491. The highest BCUT2D eigenvalue weighted by atomic mass is 16.2. The van der Waals surface area contributed by atoms with E-state index in [0.29, 0.717) is 19.0 Å². The maximum Gasteiger partial charge on any atom is 0.332 e. The molecule has 1 atom stereocenters. The summed E-state index contributed by atoms with van der Waals surface area (Å²) in [5.74, 6) is 6.05. The number of nitrogens with two attached hydrogens (primary N) is 1. The minimum atomic E-state index is -0.598. The molecule has 35 heavy (non-hydrogen) atoms. The molecule has 11 nitrogen and oxygen atoms in total. The molecule has 4 heterocycles. The molecule has 184 valence electrons. The van der Waals surface area contributed by atoms with Gasteiger partial charge in [-0.05, 0) is 31.4 Å². The third-order valence-electron chi connectivity index (χ3n) is 6.23. The number of hydrogen-bond acceptors (Lipinski definition) is 7. The molecule has 1 amide bonds. The van der Waals surface area contributed by atoms with Crippen LogP contribution in [0.25, 0.3) is 11.2 Å². The van der Waals surface area contributed by atoms with E-state index in [0.717, 1.165) is 29.5 Å². The Bertz CT molecular complexity index is 1410. The molecular formula is C24H30N8O3. The zero-order chi connectivity index (χ0) is 25.1. The number of carbonyl (C=O) groups excluding carboxylic acids is 1. The third-order valence-corrected chi connectivity index (χ3v) is 6.23. The first-order chi connectivity index (χ1) is 16.8. The third kappa shape index (κ3) is 4.83. The Kier molecular flexibility index (Phi) is 7.02. The monoisotopic (exact) mass is 478 g/mol. The van der Waals surface area contributed by atoms with E-state index in [1.807, 2.05) is 11.0 Å². The smallest absolute Gasteiger partial charge is 0.332 e. The lowest BCUT2D eigenvalue weighted by molar-refractivity contribution is -0.131. The number of rotatable bonds is 6. The van der Waals surface area contributed by atoms with Crippen LogP contribution in [-0.4, -0.2) is 60.7 Å². The van der Waals surface area contributed by atoms with Crippen molar-refractivity contribution < 1.29 is 4.79 Å². The van der Waals surface area contributed by atoms with E-state index < -0.39 is 11.2 Å². The van der Waals surface area contributed by atoms with E-state index in [-0.39, 0.29) is 36.2 Å². The number of aryl methyl sites for hydroxylation is 1. The molecule has 0 aromatic carbocycles. The lowest BCUT2D eigenvalue weighted by Gasteiger charge is -2.31. The number of imidazole rings is 1. The van der Waals surface area contributed by atoms with Gasteiger partial charge in [0.1, 0.15) is 6.54 Å². The molecule has 0 bridgehead atoms. The van der Waals surface area contributed by atoms with Crippen LogP contribution in [0.15, 0.2) is 34.1 Å². The van der Waals surface area contributed by atoms with Crippen LogP contribution in [-0.2, 0) is 31.5 Å². The zero-order valence-corrected chi connectivity index (χ0v) is 20.3. The average molecular weight is 479 g/mol. The number of nitrogens with zero attached hydrogens (tertiary/aromatic N) is 7. The van der Waals surface area contributed by atoms with Crippen molar-refractivity contribution in [1.29, 1.82) is 0 Å². The number of hydrogen-bond donors (Lipinski definition) is 1. The molecule has 3 aromatic heterocycles. The predicted molar refractivity (Wildman–Crippen MR) is 133 cm³/mol. The summed E-state index contributed by atoms with van der Waals surface area (Å²) in [6, 6.07) is 3.65. The second kappa shape index (κ2) is 10.1. The van der Waals surface area contributed by atoms with Gasteiger partial charge in [0.25, 0.3) is 5.56 Å². The number of aromatic nitrogens is 5. The van der Waals surface area contributed by atoms with Crippen molar-refractivity contribution >= 4 is 23.0 Å². The molecule has 3 aromatic rings. The van der Waals surface area contributed by atoms with Crippen LogP contribution in [0.1, 0.15) is 25.3 Å². The first-order valence-electron chi connectivity index (χ1n) is 11.5. The maximum absolute atomic E-state index is 13.6. The summed E-state index contributed by atoms with van der Waals surface area (Å²) in [6.45, 7) is 3.23. The molecule has 0 radical (unpaired) electrons. The summed E-state index contributed by atoms with van der Waals surface area (Å²) in [5.41, 5.74) is 6.37. The lowest BCUT2D eigenvalue weighted by atomic mass is 10.1. The van der Waals surface area contributed by atoms with Crippen LogP contribution in [0.2, 0.25) is 0 Å². The van der Waals surface area contributed by atoms with Gasteiger partial charge in [0.15, 0.2) is 11.2 Å². The van der Waals surface area contributed by atoms with E-state index >= 15 is 0 Å². The molecule has 1 fully saturated rings. The van der Waals surface area contributed by atoms with Gasteiger partial charge in [0.2, 0.25) is 11.9 Å². The highest BCUT2D eigenvalue weighted by molar-refractivity contribution is 5.77. The van der Waals surface area contributed by atoms with Crippen LogP contribution in [0.4, 0.5) is 5.95 Å². The van der Waals surface area contributed by atoms with E-state index in [1.165, 1.54) is 9.47 Å². The second-order valence-electron chi connectivity index (χ2n) is 8.79. The SMILES string of the molecule is CC#CCn1c(N2CCCC(N)C2)nc2c1c(=O)n(CC(=O)N(C)Cc1cccnc1)c(=O)n2C. The van der Waals surface area contributed by atoms with Crippen LogP contribution >= 0.6 is 0 Å². The van der Waals surface area contributed by atoms with Crippen molar-refractivity contribution in [1.82, 2.24) is 28.6 Å². The van der Waals surface area contributed by atoms with E-state index in [1.54, 1.807) is 44.0 Å². The van der Waals surface area contributed by atoms with Crippen LogP contribution in [0.3, 0.4) is 0 Å². The van der Waals surface area contributed by atoms with Gasteiger partial charge in [-0.25, -0.2) is 9.36 Å². The fourth-order valence-corrected chi connectivity index (χ4v) is 4.35. The fraction of sp³-hybridized carbons (Fsp3) is 0.458. The van der Waals surface area contributed by atoms with Crippen LogP contribution in [0.5, 0.6) is 0 Å². The Hall–Kier alpha value is -3.91. The Labute approximate surface area is 202 Å². The van der Waals surface area contributed by atoms with Gasteiger partial charge in [-0.2, -0.15) is 4.98 Å². The molecule has 1 aliphatic heterocycles. The molecule has 0 aliphatic carbocycles. The number of piperidine rings is 1. The van der Waals surface area contributed by atoms with Gasteiger partial charge in [0.05, 0.1) is 6.54 Å². The summed E-state index contributed by atoms with van der Waals surface area (Å²) in [4.78, 5) is 51.9. The minimum Gasteiger partial charge on any atom is -0.341 e. The Morgan fingerprint density at radius 3 is 2.80 bits per heavy atom. The zero-order valence-electron chi connectivity index (χ0n) is 20.3. The fourth-order valence-electron chi connectivity index (χ4n) is 4.35. The van der Waals surface area contributed by atoms with Gasteiger partial charge in [-0.3, -0.25) is 23.7 Å². The average Bonchev–Trinajstić information content (AvgIpc) is 3.24. The van der Waals surface area contributed by atoms with Crippen molar-refractivity contribution in [3.8, 4) is 11.8 Å². The number of anilines is 1. The minimum absolute atomic E-state index is 0.00252. The molecule has 0 spiro atoms. The van der Waals surface area contributed by atoms with Gasteiger partial charge < -0.3 is 15.5 Å². The van der Waals surface area contributed by atoms with Gasteiger partial charge in [0, 0.05) is 52.2 Å². The molecule has 4 rings (SSSR count). The van der Waals surface area contributed by atoms with Gasteiger partial charge >= 0.3 is 5.69 Å². The van der Waals surface area contributed by atoms with Crippen LogP contribution in [0, 0.1) is 11.8 Å². The van der Waals surface area contributed by atoms with E-state index in [2.05, 4.69) is 21.8 Å². The first kappa shape index (κ1) is 24.2. The molecule has 2 N–H and O–H groups in total. The molecule has 1 saturated heterocycles. The van der Waals surface area contributed by atoms with Crippen molar-refractivity contribution in [2.75, 3.05) is 25.0 Å². The van der Waals surface area contributed by atoms with Crippen LogP contribution < -0.4 is 21.9 Å². The van der Waals surface area contributed by atoms with Crippen molar-refractivity contribution in [3.05, 3.63) is 50.9 Å². The molecule has 11 heteroatoms. The highest BCUT2D eigenvalue weighted by Gasteiger charge is 2.26. The normalized spacial score (nSPS) is 15.7. The molecule has 1 aliphatic rings. The summed E-state index contributed by atoms with van der Waals surface area (Å²) >= 11 is 0. The van der Waals surface area contributed by atoms with Gasteiger partial charge in [-0.1, -0.05) is 12.0 Å². The maximum atomic E-state index is 13.6. The Morgan fingerprint density at radius 2 is 2.11 bits per heavy atom. The molecule has 0 saturated carbocycles. The largest absolute Gasteiger partial charge is 0.341 e. The predicted octanol–water partition coefficient (Wildman–Crippen LogP) is -0.0989. The number of pyridine rings is 1. The van der Waals surface area contributed by atoms with Gasteiger partial charge in [-0.15, -0.1) is 5.92 Å². The van der Waals surface area contributed by atoms with Crippen molar-refractivity contribution in [2.24, 2.45) is 12.8 Å². The second-order valence-corrected chi connectivity index (χ2v) is 8.79. The van der Waals surface area contributed by atoms with E-state index in [9.17, 15) is 14.4 Å². The summed E-state index contributed by atoms with van der Waals surface area (Å²) < 4.78 is 4.01. The number of carbonyl (C=O) groups is 1. The number of fused-ring (bicyclic) bond motifs is 1. The van der Waals surface area contributed by atoms with Crippen molar-refractivity contribution in [3.63, 3.8) is 0 Å². The topological polar surface area (TPSA) is 124 Å². The first-order valence-corrected chi connectivity index (χ1v) is 11.5. The standard InChI is InChI=1S/C24H30N8O3/c1-4-5-12-31-20-21(27-23(31)30-11-7-9-18(25)15-30)29(3)24(35)32(22(20)34)16-19(33)28(2)14-17-8-6-10-26-13-17/h6,8,10,13,18H,7,9,11-12,14-16,25H2,1-3H3. The Balaban J connectivity index is 1.76. The van der Waals surface area contributed by atoms with Crippen molar-refractivity contribution in [2.45, 2.75) is 45.4 Å². The summed E-state index contributed by atoms with van der Waals surface area (Å²) in [7, 11) is 3.18.